The molecule has 2 rings (SSSR count). The van der Waals surface area contributed by atoms with Crippen molar-refractivity contribution in [3.8, 4) is 0 Å². The maximum Gasteiger partial charge on any atom is 0.218 e. The molecule has 2 unspecified atom stereocenters. The molecule has 13 heavy (non-hydrogen) atoms. The number of anilines is 1. The third-order valence-electron chi connectivity index (χ3n) is 3.01. The van der Waals surface area contributed by atoms with E-state index < -0.39 is 0 Å². The van der Waals surface area contributed by atoms with Gasteiger partial charge < -0.3 is 5.73 Å². The molecule has 0 aromatic carbocycles. The normalized spacial score (nSPS) is 28.2. The van der Waals surface area contributed by atoms with Crippen LogP contribution in [0.2, 0.25) is 0 Å². The highest BCUT2D eigenvalue weighted by Gasteiger charge is 2.28. The quantitative estimate of drug-likeness (QED) is 0.708. The molecule has 1 saturated carbocycles. The predicted molar refractivity (Wildman–Crippen MR) is 51.2 cm³/mol. The van der Waals surface area contributed by atoms with Crippen LogP contribution in [0.3, 0.4) is 0 Å². The lowest BCUT2D eigenvalue weighted by molar-refractivity contribution is 0.506. The van der Waals surface area contributed by atoms with Crippen molar-refractivity contribution >= 4 is 5.95 Å². The zero-order valence-corrected chi connectivity index (χ0v) is 8.20. The number of hydrogen-bond acceptors (Lipinski definition) is 3. The number of rotatable bonds is 1. The molecule has 1 aromatic rings. The predicted octanol–water partition coefficient (Wildman–Crippen LogP) is 1.30. The Kier molecular flexibility index (Phi) is 1.98. The second-order valence-corrected chi connectivity index (χ2v) is 3.97. The molecule has 0 radical (unpaired) electrons. The van der Waals surface area contributed by atoms with Crippen LogP contribution in [0.25, 0.3) is 0 Å². The first kappa shape index (κ1) is 8.53. The lowest BCUT2D eigenvalue weighted by Gasteiger charge is -2.09. The largest absolute Gasteiger partial charge is 0.368 e. The summed E-state index contributed by atoms with van der Waals surface area (Å²) in [5, 5.41) is 4.32. The molecule has 1 aromatic heterocycles. The van der Waals surface area contributed by atoms with Crippen molar-refractivity contribution in [1.29, 1.82) is 0 Å². The smallest absolute Gasteiger partial charge is 0.218 e. The molecule has 4 heteroatoms. The fraction of sp³-hybridized carbons (Fsp3) is 0.778. The van der Waals surface area contributed by atoms with Crippen LogP contribution in [-0.4, -0.2) is 14.8 Å². The van der Waals surface area contributed by atoms with Crippen molar-refractivity contribution in [1.82, 2.24) is 14.8 Å². The van der Waals surface area contributed by atoms with E-state index in [4.69, 9.17) is 5.73 Å². The second-order valence-electron chi connectivity index (χ2n) is 3.97. The minimum Gasteiger partial charge on any atom is -0.368 e. The zero-order valence-electron chi connectivity index (χ0n) is 8.20. The molecule has 0 amide bonds. The highest BCUT2D eigenvalue weighted by molar-refractivity contribution is 5.17. The van der Waals surface area contributed by atoms with Crippen LogP contribution in [0.1, 0.15) is 37.9 Å². The third-order valence-corrected chi connectivity index (χ3v) is 3.01. The monoisotopic (exact) mass is 180 g/mol. The van der Waals surface area contributed by atoms with Crippen molar-refractivity contribution in [2.75, 3.05) is 5.73 Å². The fourth-order valence-electron chi connectivity index (χ4n) is 2.10. The Morgan fingerprint density at radius 1 is 1.46 bits per heavy atom. The van der Waals surface area contributed by atoms with Gasteiger partial charge in [-0.3, -0.25) is 0 Å². The first-order valence-corrected chi connectivity index (χ1v) is 4.85. The van der Waals surface area contributed by atoms with Gasteiger partial charge in [0.05, 0.1) is 0 Å². The summed E-state index contributed by atoms with van der Waals surface area (Å²) in [6, 6.07) is 0. The molecular weight excluding hydrogens is 164 g/mol. The Bertz CT molecular complexity index is 285. The lowest BCUT2D eigenvalue weighted by Crippen LogP contribution is -2.04. The van der Waals surface area contributed by atoms with Gasteiger partial charge in [-0.25, -0.2) is 4.68 Å². The number of hydrogen-bond donors (Lipinski definition) is 1. The molecule has 0 aliphatic heterocycles. The maximum atomic E-state index is 5.64. The van der Waals surface area contributed by atoms with E-state index >= 15 is 0 Å². The van der Waals surface area contributed by atoms with Gasteiger partial charge in [0, 0.05) is 13.0 Å². The van der Waals surface area contributed by atoms with Gasteiger partial charge in [-0.1, -0.05) is 13.3 Å². The SMILES string of the molecule is CC1CCCC1c1nc(N)n(C)n1. The van der Waals surface area contributed by atoms with Gasteiger partial charge in [0.1, 0.15) is 0 Å². The van der Waals surface area contributed by atoms with E-state index in [2.05, 4.69) is 17.0 Å². The number of nitrogens with two attached hydrogens (primary N) is 1. The Morgan fingerprint density at radius 3 is 2.69 bits per heavy atom. The van der Waals surface area contributed by atoms with Crippen LogP contribution >= 0.6 is 0 Å². The molecule has 1 heterocycles. The van der Waals surface area contributed by atoms with Crippen LogP contribution in [0.4, 0.5) is 5.95 Å². The molecular formula is C9H16N4. The second kappa shape index (κ2) is 3.01. The number of aryl methyl sites for hydroxylation is 1. The Balaban J connectivity index is 2.24. The van der Waals surface area contributed by atoms with E-state index in [-0.39, 0.29) is 0 Å². The van der Waals surface area contributed by atoms with E-state index in [1.165, 1.54) is 19.3 Å². The summed E-state index contributed by atoms with van der Waals surface area (Å²) in [5.41, 5.74) is 5.64. The number of nitrogens with zero attached hydrogens (tertiary/aromatic N) is 3. The van der Waals surface area contributed by atoms with Crippen LogP contribution in [-0.2, 0) is 7.05 Å². The summed E-state index contributed by atoms with van der Waals surface area (Å²) in [4.78, 5) is 4.27. The fourth-order valence-corrected chi connectivity index (χ4v) is 2.10. The summed E-state index contributed by atoms with van der Waals surface area (Å²) >= 11 is 0. The summed E-state index contributed by atoms with van der Waals surface area (Å²) < 4.78 is 1.65. The van der Waals surface area contributed by atoms with Crippen LogP contribution in [0, 0.1) is 5.92 Å². The Hall–Kier alpha value is -1.06. The first-order valence-electron chi connectivity index (χ1n) is 4.85. The molecule has 72 valence electrons. The first-order chi connectivity index (χ1) is 6.18. The van der Waals surface area contributed by atoms with Gasteiger partial charge >= 0.3 is 0 Å². The van der Waals surface area contributed by atoms with Crippen molar-refractivity contribution in [3.05, 3.63) is 5.82 Å². The minimum absolute atomic E-state index is 0.522. The van der Waals surface area contributed by atoms with Gasteiger partial charge in [-0.15, -0.1) is 0 Å². The topological polar surface area (TPSA) is 56.7 Å². The molecule has 0 spiro atoms. The van der Waals surface area contributed by atoms with Gasteiger partial charge in [-0.05, 0) is 18.8 Å². The number of aromatic nitrogens is 3. The van der Waals surface area contributed by atoms with Gasteiger partial charge in [-0.2, -0.15) is 10.1 Å². The van der Waals surface area contributed by atoms with Crippen molar-refractivity contribution in [3.63, 3.8) is 0 Å². The van der Waals surface area contributed by atoms with E-state index in [0.29, 0.717) is 17.8 Å². The van der Waals surface area contributed by atoms with Crippen molar-refractivity contribution < 1.29 is 0 Å². The highest BCUT2D eigenvalue weighted by atomic mass is 15.4. The lowest BCUT2D eigenvalue weighted by atomic mass is 9.98. The van der Waals surface area contributed by atoms with Crippen molar-refractivity contribution in [2.24, 2.45) is 13.0 Å². The average molecular weight is 180 g/mol. The molecule has 1 aliphatic rings. The maximum absolute atomic E-state index is 5.64. The van der Waals surface area contributed by atoms with Crippen molar-refractivity contribution in [2.45, 2.75) is 32.1 Å². The summed E-state index contributed by atoms with van der Waals surface area (Å²) in [6.45, 7) is 2.27. The highest BCUT2D eigenvalue weighted by Crippen LogP contribution is 2.37. The third kappa shape index (κ3) is 1.41. The van der Waals surface area contributed by atoms with E-state index in [1.807, 2.05) is 7.05 Å². The Labute approximate surface area is 78.1 Å². The van der Waals surface area contributed by atoms with Gasteiger partial charge in [0.2, 0.25) is 5.95 Å². The van der Waals surface area contributed by atoms with Gasteiger partial charge in [0.25, 0.3) is 0 Å². The molecule has 0 saturated heterocycles. The minimum atomic E-state index is 0.522. The Morgan fingerprint density at radius 2 is 2.23 bits per heavy atom. The molecule has 1 fully saturated rings. The standard InChI is InChI=1S/C9H16N4/c1-6-4-3-5-7(6)8-11-9(10)13(2)12-8/h6-7H,3-5H2,1-2H3,(H2,10,11,12). The summed E-state index contributed by atoms with van der Waals surface area (Å²) in [5.74, 6) is 2.70. The van der Waals surface area contributed by atoms with E-state index in [0.717, 1.165) is 5.82 Å². The van der Waals surface area contributed by atoms with E-state index in [9.17, 15) is 0 Å². The average Bonchev–Trinajstić information content (AvgIpc) is 2.60. The molecule has 2 atom stereocenters. The summed E-state index contributed by atoms with van der Waals surface area (Å²) in [6.07, 6.45) is 3.80. The van der Waals surface area contributed by atoms with Gasteiger partial charge in [0.15, 0.2) is 5.82 Å². The molecule has 1 aliphatic carbocycles. The number of nitrogen functional groups attached to an aromatic ring is 1. The zero-order chi connectivity index (χ0) is 9.42. The van der Waals surface area contributed by atoms with Crippen LogP contribution < -0.4 is 5.73 Å². The van der Waals surface area contributed by atoms with Crippen LogP contribution in [0.15, 0.2) is 0 Å². The van der Waals surface area contributed by atoms with E-state index in [1.54, 1.807) is 4.68 Å². The molecule has 2 N–H and O–H groups in total. The molecule has 4 nitrogen and oxygen atoms in total. The van der Waals surface area contributed by atoms with Crippen LogP contribution in [0.5, 0.6) is 0 Å². The molecule has 0 bridgehead atoms. The summed E-state index contributed by atoms with van der Waals surface area (Å²) in [7, 11) is 1.84.